The molecule has 0 radical (unpaired) electrons. The van der Waals surface area contributed by atoms with Crippen molar-refractivity contribution >= 4 is 16.8 Å². The van der Waals surface area contributed by atoms with Crippen molar-refractivity contribution in [3.63, 3.8) is 0 Å². The molecule has 9 heteroatoms. The van der Waals surface area contributed by atoms with E-state index in [1.54, 1.807) is 12.4 Å². The van der Waals surface area contributed by atoms with Crippen LogP contribution in [0.15, 0.2) is 53.3 Å². The van der Waals surface area contributed by atoms with Crippen molar-refractivity contribution in [1.29, 1.82) is 0 Å². The van der Waals surface area contributed by atoms with E-state index >= 15 is 0 Å². The number of benzene rings is 1. The van der Waals surface area contributed by atoms with Crippen molar-refractivity contribution in [2.75, 3.05) is 0 Å². The Morgan fingerprint density at radius 1 is 1.09 bits per heavy atom. The Bertz CT molecular complexity index is 1430. The SMILES string of the molecule is Cc1[nH]c(C(=O)NCc2ccncc2)nc1-c1ccc2[nH]c(-c3nc(C(C)C)no3)cc2c1. The highest BCUT2D eigenvalue weighted by Gasteiger charge is 2.17. The molecular formula is C24H23N7O2. The Morgan fingerprint density at radius 2 is 1.91 bits per heavy atom. The number of amides is 1. The van der Waals surface area contributed by atoms with Crippen molar-refractivity contribution in [3.8, 4) is 22.8 Å². The molecule has 0 fully saturated rings. The highest BCUT2D eigenvalue weighted by molar-refractivity contribution is 5.92. The second-order valence-electron chi connectivity index (χ2n) is 8.19. The summed E-state index contributed by atoms with van der Waals surface area (Å²) < 4.78 is 5.40. The number of aromatic amines is 2. The molecule has 1 amide bonds. The number of hydrogen-bond acceptors (Lipinski definition) is 6. The summed E-state index contributed by atoms with van der Waals surface area (Å²) >= 11 is 0. The largest absolute Gasteiger partial charge is 0.351 e. The zero-order valence-corrected chi connectivity index (χ0v) is 18.5. The van der Waals surface area contributed by atoms with Gasteiger partial charge in [0.05, 0.1) is 5.69 Å². The molecule has 5 aromatic rings. The molecule has 4 heterocycles. The Hall–Kier alpha value is -4.27. The molecule has 9 nitrogen and oxygen atoms in total. The van der Waals surface area contributed by atoms with Gasteiger partial charge in [0.2, 0.25) is 0 Å². The number of imidazole rings is 1. The van der Waals surface area contributed by atoms with Crippen LogP contribution in [0.2, 0.25) is 0 Å². The molecule has 3 N–H and O–H groups in total. The average molecular weight is 441 g/mol. The van der Waals surface area contributed by atoms with Gasteiger partial charge >= 0.3 is 0 Å². The first kappa shape index (κ1) is 20.6. The second-order valence-corrected chi connectivity index (χ2v) is 8.19. The fourth-order valence-corrected chi connectivity index (χ4v) is 3.59. The molecule has 4 aromatic heterocycles. The van der Waals surface area contributed by atoms with Gasteiger partial charge in [-0.05, 0) is 42.8 Å². The summed E-state index contributed by atoms with van der Waals surface area (Å²) in [7, 11) is 0. The molecule has 0 spiro atoms. The molecule has 33 heavy (non-hydrogen) atoms. The number of aromatic nitrogens is 6. The van der Waals surface area contributed by atoms with Crippen LogP contribution in [-0.4, -0.2) is 36.0 Å². The van der Waals surface area contributed by atoms with Gasteiger partial charge in [-0.3, -0.25) is 9.78 Å². The van der Waals surface area contributed by atoms with Gasteiger partial charge in [-0.2, -0.15) is 4.98 Å². The van der Waals surface area contributed by atoms with Crippen LogP contribution in [0.3, 0.4) is 0 Å². The van der Waals surface area contributed by atoms with Crippen molar-refractivity contribution in [2.45, 2.75) is 33.2 Å². The second kappa shape index (κ2) is 8.34. The number of fused-ring (bicyclic) bond motifs is 1. The lowest BCUT2D eigenvalue weighted by molar-refractivity contribution is 0.0941. The molecule has 0 aliphatic heterocycles. The first-order valence-corrected chi connectivity index (χ1v) is 10.7. The molecule has 5 rings (SSSR count). The molecule has 0 saturated heterocycles. The molecule has 0 saturated carbocycles. The third-order valence-corrected chi connectivity index (χ3v) is 5.38. The number of carbonyl (C=O) groups is 1. The summed E-state index contributed by atoms with van der Waals surface area (Å²) in [4.78, 5) is 32.0. The van der Waals surface area contributed by atoms with Gasteiger partial charge in [0.15, 0.2) is 11.6 Å². The van der Waals surface area contributed by atoms with Gasteiger partial charge in [-0.15, -0.1) is 0 Å². The number of rotatable bonds is 6. The molecule has 0 aliphatic rings. The van der Waals surface area contributed by atoms with Crippen LogP contribution >= 0.6 is 0 Å². The van der Waals surface area contributed by atoms with E-state index in [9.17, 15) is 4.79 Å². The van der Waals surface area contributed by atoms with Gasteiger partial charge in [0.1, 0.15) is 5.69 Å². The van der Waals surface area contributed by atoms with Crippen molar-refractivity contribution < 1.29 is 9.32 Å². The van der Waals surface area contributed by atoms with E-state index in [-0.39, 0.29) is 17.6 Å². The van der Waals surface area contributed by atoms with Crippen LogP contribution < -0.4 is 5.32 Å². The lowest BCUT2D eigenvalue weighted by atomic mass is 10.1. The number of nitrogens with zero attached hydrogens (tertiary/aromatic N) is 4. The van der Waals surface area contributed by atoms with Crippen LogP contribution in [0, 0.1) is 6.92 Å². The van der Waals surface area contributed by atoms with E-state index in [2.05, 4.69) is 35.4 Å². The minimum Gasteiger partial charge on any atom is -0.351 e. The molecule has 0 unspecified atom stereocenters. The number of hydrogen-bond donors (Lipinski definition) is 3. The summed E-state index contributed by atoms with van der Waals surface area (Å²) in [5.74, 6) is 1.34. The Balaban J connectivity index is 1.38. The minimum absolute atomic E-state index is 0.192. The van der Waals surface area contributed by atoms with Gasteiger partial charge in [-0.25, -0.2) is 4.98 Å². The summed E-state index contributed by atoms with van der Waals surface area (Å²) in [5, 5.41) is 7.90. The van der Waals surface area contributed by atoms with Gasteiger partial charge in [0.25, 0.3) is 11.8 Å². The van der Waals surface area contributed by atoms with E-state index in [4.69, 9.17) is 4.52 Å². The third-order valence-electron chi connectivity index (χ3n) is 5.38. The maximum Gasteiger partial charge on any atom is 0.287 e. The standard InChI is InChI=1S/C24H23N7O2/c1-13(2)21-30-24(33-31-21)19-11-17-10-16(4-5-18(17)28-19)20-14(3)27-22(29-20)23(32)26-12-15-6-8-25-9-7-15/h4-11,13,28H,12H2,1-3H3,(H,26,32)(H,27,29). The minimum atomic E-state index is -0.261. The Kier molecular flexibility index (Phi) is 5.21. The van der Waals surface area contributed by atoms with Gasteiger partial charge < -0.3 is 19.8 Å². The summed E-state index contributed by atoms with van der Waals surface area (Å²) in [5.41, 5.74) is 5.13. The lowest BCUT2D eigenvalue weighted by Gasteiger charge is -2.02. The summed E-state index contributed by atoms with van der Waals surface area (Å²) in [6, 6.07) is 11.7. The predicted octanol–water partition coefficient (Wildman–Crippen LogP) is 4.36. The van der Waals surface area contributed by atoms with Crippen LogP contribution in [0.25, 0.3) is 33.7 Å². The van der Waals surface area contributed by atoms with Crippen molar-refractivity contribution in [2.24, 2.45) is 0 Å². The van der Waals surface area contributed by atoms with Gasteiger partial charge in [-0.1, -0.05) is 25.1 Å². The van der Waals surface area contributed by atoms with Crippen molar-refractivity contribution in [1.82, 2.24) is 35.4 Å². The Morgan fingerprint density at radius 3 is 2.67 bits per heavy atom. The van der Waals surface area contributed by atoms with E-state index in [0.29, 0.717) is 18.3 Å². The number of nitrogens with one attached hydrogen (secondary N) is 3. The number of carbonyl (C=O) groups excluding carboxylic acids is 1. The third kappa shape index (κ3) is 4.12. The quantitative estimate of drug-likeness (QED) is 0.359. The molecule has 0 atom stereocenters. The number of aryl methyl sites for hydroxylation is 1. The van der Waals surface area contributed by atoms with E-state index in [1.165, 1.54) is 0 Å². The first-order chi connectivity index (χ1) is 16.0. The first-order valence-electron chi connectivity index (χ1n) is 10.7. The van der Waals surface area contributed by atoms with Crippen LogP contribution in [0.5, 0.6) is 0 Å². The average Bonchev–Trinajstić information content (AvgIpc) is 3.55. The van der Waals surface area contributed by atoms with Crippen LogP contribution in [-0.2, 0) is 6.54 Å². The highest BCUT2D eigenvalue weighted by Crippen LogP contribution is 2.29. The zero-order valence-electron chi connectivity index (χ0n) is 18.5. The smallest absolute Gasteiger partial charge is 0.287 e. The molecule has 166 valence electrons. The predicted molar refractivity (Wildman–Crippen MR) is 123 cm³/mol. The van der Waals surface area contributed by atoms with E-state index in [0.717, 1.165) is 39.1 Å². The number of pyridine rings is 1. The Labute approximate surface area is 189 Å². The van der Waals surface area contributed by atoms with E-state index < -0.39 is 0 Å². The summed E-state index contributed by atoms with van der Waals surface area (Å²) in [6.45, 7) is 6.35. The maximum absolute atomic E-state index is 12.6. The molecule has 0 aliphatic carbocycles. The fraction of sp³-hybridized carbons (Fsp3) is 0.208. The molecule has 0 bridgehead atoms. The van der Waals surface area contributed by atoms with Crippen LogP contribution in [0.4, 0.5) is 0 Å². The van der Waals surface area contributed by atoms with Crippen molar-refractivity contribution in [3.05, 3.63) is 71.7 Å². The number of H-pyrrole nitrogens is 2. The lowest BCUT2D eigenvalue weighted by Crippen LogP contribution is -2.24. The van der Waals surface area contributed by atoms with Crippen LogP contribution in [0.1, 0.15) is 47.5 Å². The monoisotopic (exact) mass is 441 g/mol. The normalized spacial score (nSPS) is 11.4. The highest BCUT2D eigenvalue weighted by atomic mass is 16.5. The fourth-order valence-electron chi connectivity index (χ4n) is 3.59. The molecule has 1 aromatic carbocycles. The zero-order chi connectivity index (χ0) is 22.9. The molecular weight excluding hydrogens is 418 g/mol. The maximum atomic E-state index is 12.6. The topological polar surface area (TPSA) is 125 Å². The van der Waals surface area contributed by atoms with E-state index in [1.807, 2.05) is 57.2 Å². The summed E-state index contributed by atoms with van der Waals surface area (Å²) in [6.07, 6.45) is 3.39. The van der Waals surface area contributed by atoms with Gasteiger partial charge in [0, 0.05) is 47.0 Å².